The van der Waals surface area contributed by atoms with Crippen molar-refractivity contribution in [3.05, 3.63) is 41.1 Å². The van der Waals surface area contributed by atoms with E-state index in [1.54, 1.807) is 19.1 Å². The minimum Gasteiger partial charge on any atom is -0.456 e. The molecule has 0 aliphatic carbocycles. The van der Waals surface area contributed by atoms with Gasteiger partial charge >= 0.3 is 5.97 Å². The van der Waals surface area contributed by atoms with Crippen LogP contribution in [0.5, 0.6) is 0 Å². The van der Waals surface area contributed by atoms with Crippen LogP contribution in [0, 0.1) is 6.92 Å². The fourth-order valence-electron chi connectivity index (χ4n) is 2.59. The molecular formula is C17H19Cl3N2O6S2. The maximum absolute atomic E-state index is 12.0. The molecule has 8 nitrogen and oxygen atoms in total. The molecule has 13 heteroatoms. The molecule has 0 saturated carbocycles. The van der Waals surface area contributed by atoms with Crippen molar-refractivity contribution < 1.29 is 27.3 Å². The van der Waals surface area contributed by atoms with E-state index >= 15 is 0 Å². The summed E-state index contributed by atoms with van der Waals surface area (Å²) in [6, 6.07) is 5.41. The number of halogens is 3. The summed E-state index contributed by atoms with van der Waals surface area (Å²) in [5.41, 5.74) is 7.59. The van der Waals surface area contributed by atoms with Gasteiger partial charge < -0.3 is 10.5 Å². The van der Waals surface area contributed by atoms with E-state index in [0.29, 0.717) is 5.75 Å². The number of hydrogen-bond donors (Lipinski definition) is 2. The molecule has 0 spiro atoms. The molecule has 1 fully saturated rings. The summed E-state index contributed by atoms with van der Waals surface area (Å²) < 4.78 is 32.8. The molecule has 0 radical (unpaired) electrons. The Labute approximate surface area is 193 Å². The van der Waals surface area contributed by atoms with Gasteiger partial charge in [-0.1, -0.05) is 52.5 Å². The van der Waals surface area contributed by atoms with Gasteiger partial charge in [0, 0.05) is 5.75 Å². The lowest BCUT2D eigenvalue weighted by Crippen LogP contribution is -2.68. The standard InChI is InChI=1S/C10H11Cl3N2O3S.C7H8O3S/c1-4-2-19-8-5(14)7(16)15(8)6(4)9(17)18-3-10(11,12)13;1-6-2-4-7(5-3-6)11(8,9)10/h5,8H,2-3,14H2,1H3;2-5H,1H3,(H,8,9,10)/t5-,8+;/m1./s1. The molecule has 2 aliphatic heterocycles. The number of rotatable bonds is 3. The molecule has 1 amide bonds. The summed E-state index contributed by atoms with van der Waals surface area (Å²) in [5, 5.41) is -0.216. The number of thioether (sulfide) groups is 1. The largest absolute Gasteiger partial charge is 0.456 e. The summed E-state index contributed by atoms with van der Waals surface area (Å²) in [6.45, 7) is 3.22. The second kappa shape index (κ2) is 9.64. The first-order chi connectivity index (χ1) is 13.7. The predicted molar refractivity (Wildman–Crippen MR) is 116 cm³/mol. The van der Waals surface area contributed by atoms with Gasteiger partial charge in [-0.3, -0.25) is 14.2 Å². The Balaban J connectivity index is 0.000000248. The number of hydrogen-bond acceptors (Lipinski definition) is 7. The van der Waals surface area contributed by atoms with Gasteiger partial charge in [-0.15, -0.1) is 11.8 Å². The number of nitrogens with zero attached hydrogens (tertiary/aromatic N) is 1. The Bertz CT molecular complexity index is 961. The number of fused-ring (bicyclic) bond motifs is 1. The zero-order chi connectivity index (χ0) is 22.9. The normalized spacial score (nSPS) is 21.3. The Kier molecular flexibility index (Phi) is 8.11. The topological polar surface area (TPSA) is 127 Å². The summed E-state index contributed by atoms with van der Waals surface area (Å²) in [7, 11) is -4.02. The lowest BCUT2D eigenvalue weighted by atomic mass is 10.0. The number of β-lactam (4-membered cyclic amide) rings is 1. The number of amides is 1. The molecule has 2 aliphatic rings. The number of benzene rings is 1. The van der Waals surface area contributed by atoms with Crippen molar-refractivity contribution in [2.45, 2.75) is 34.0 Å². The highest BCUT2D eigenvalue weighted by atomic mass is 35.6. The van der Waals surface area contributed by atoms with E-state index in [0.717, 1.165) is 11.1 Å². The first-order valence-electron chi connectivity index (χ1n) is 8.40. The van der Waals surface area contributed by atoms with E-state index in [9.17, 15) is 18.0 Å². The van der Waals surface area contributed by atoms with Crippen molar-refractivity contribution in [3.63, 3.8) is 0 Å². The van der Waals surface area contributed by atoms with Gasteiger partial charge in [-0.05, 0) is 31.6 Å². The van der Waals surface area contributed by atoms with Crippen LogP contribution in [0.4, 0.5) is 0 Å². The molecule has 2 atom stereocenters. The average Bonchev–Trinajstić information content (AvgIpc) is 2.64. The minimum absolute atomic E-state index is 0.0666. The van der Waals surface area contributed by atoms with Crippen molar-refractivity contribution in [1.82, 2.24) is 4.90 Å². The van der Waals surface area contributed by atoms with Gasteiger partial charge in [0.05, 0.1) is 4.90 Å². The van der Waals surface area contributed by atoms with Gasteiger partial charge in [-0.2, -0.15) is 8.42 Å². The van der Waals surface area contributed by atoms with Crippen LogP contribution in [0.25, 0.3) is 0 Å². The quantitative estimate of drug-likeness (QED) is 0.271. The van der Waals surface area contributed by atoms with E-state index in [2.05, 4.69) is 0 Å². The molecule has 2 heterocycles. The van der Waals surface area contributed by atoms with E-state index in [-0.39, 0.29) is 28.5 Å². The highest BCUT2D eigenvalue weighted by molar-refractivity contribution is 8.00. The van der Waals surface area contributed by atoms with E-state index in [1.807, 2.05) is 6.92 Å². The van der Waals surface area contributed by atoms with E-state index < -0.39 is 25.9 Å². The molecule has 1 saturated heterocycles. The number of aryl methyl sites for hydroxylation is 1. The molecule has 0 aromatic heterocycles. The van der Waals surface area contributed by atoms with Crippen molar-refractivity contribution >= 4 is 68.6 Å². The van der Waals surface area contributed by atoms with Gasteiger partial charge in [0.25, 0.3) is 10.1 Å². The van der Waals surface area contributed by atoms with Gasteiger partial charge in [0.2, 0.25) is 9.70 Å². The average molecular weight is 518 g/mol. The van der Waals surface area contributed by atoms with Crippen LogP contribution in [0.1, 0.15) is 12.5 Å². The Hall–Kier alpha value is -1.01. The number of carbonyl (C=O) groups excluding carboxylic acids is 2. The number of alkyl halides is 3. The van der Waals surface area contributed by atoms with Crippen molar-refractivity contribution in [3.8, 4) is 0 Å². The SMILES string of the molecule is CC1=C(C(=O)OCC(Cl)(Cl)Cl)N2C(=O)[C@@H](N)[C@@H]2SC1.Cc1ccc(S(=O)(=O)O)cc1. The van der Waals surface area contributed by atoms with Crippen molar-refractivity contribution in [2.24, 2.45) is 5.73 Å². The van der Waals surface area contributed by atoms with Crippen LogP contribution in [-0.2, 0) is 24.4 Å². The Morgan fingerprint density at radius 1 is 1.30 bits per heavy atom. The molecular weight excluding hydrogens is 499 g/mol. The highest BCUT2D eigenvalue weighted by Gasteiger charge is 2.51. The third-order valence-corrected chi connectivity index (χ3v) is 6.72. The maximum atomic E-state index is 12.0. The molecule has 3 N–H and O–H groups in total. The summed E-state index contributed by atoms with van der Waals surface area (Å²) >= 11 is 18.1. The molecule has 0 bridgehead atoms. The van der Waals surface area contributed by atoms with Crippen LogP contribution in [0.3, 0.4) is 0 Å². The highest BCUT2D eigenvalue weighted by Crippen LogP contribution is 2.39. The van der Waals surface area contributed by atoms with Gasteiger partial charge in [0.1, 0.15) is 23.7 Å². The number of carbonyl (C=O) groups is 2. The second-order valence-corrected chi connectivity index (χ2v) is 11.6. The van der Waals surface area contributed by atoms with Crippen molar-refractivity contribution in [1.29, 1.82) is 0 Å². The minimum atomic E-state index is -4.02. The number of nitrogens with two attached hydrogens (primary N) is 1. The van der Waals surface area contributed by atoms with E-state index in [4.69, 9.17) is 49.8 Å². The first-order valence-corrected chi connectivity index (χ1v) is 12.0. The molecule has 3 rings (SSSR count). The smallest absolute Gasteiger partial charge is 0.355 e. The molecule has 1 aromatic carbocycles. The van der Waals surface area contributed by atoms with Gasteiger partial charge in [0.15, 0.2) is 0 Å². The first kappa shape index (κ1) is 25.3. The summed E-state index contributed by atoms with van der Waals surface area (Å²) in [4.78, 5) is 25.0. The van der Waals surface area contributed by atoms with Crippen LogP contribution in [0.2, 0.25) is 0 Å². The summed E-state index contributed by atoms with van der Waals surface area (Å²) in [6.07, 6.45) is 0. The summed E-state index contributed by atoms with van der Waals surface area (Å²) in [5.74, 6) is -0.355. The lowest BCUT2D eigenvalue weighted by Gasteiger charge is -2.48. The van der Waals surface area contributed by atoms with Gasteiger partial charge in [-0.25, -0.2) is 4.79 Å². The zero-order valence-corrected chi connectivity index (χ0v) is 19.7. The van der Waals surface area contributed by atoms with Crippen LogP contribution >= 0.6 is 46.6 Å². The molecule has 30 heavy (non-hydrogen) atoms. The third-order valence-electron chi connectivity index (χ3n) is 4.08. The zero-order valence-electron chi connectivity index (χ0n) is 15.8. The monoisotopic (exact) mass is 516 g/mol. The third kappa shape index (κ3) is 6.25. The fraction of sp³-hybridized carbons (Fsp3) is 0.412. The maximum Gasteiger partial charge on any atom is 0.355 e. The van der Waals surface area contributed by atoms with Crippen LogP contribution in [0.15, 0.2) is 40.4 Å². The number of ether oxygens (including phenoxy) is 1. The fourth-order valence-corrected chi connectivity index (χ4v) is 4.47. The van der Waals surface area contributed by atoms with E-state index in [1.165, 1.54) is 28.8 Å². The lowest BCUT2D eigenvalue weighted by molar-refractivity contribution is -0.150. The predicted octanol–water partition coefficient (Wildman–Crippen LogP) is 2.66. The molecule has 1 aromatic rings. The van der Waals surface area contributed by atoms with Crippen LogP contribution < -0.4 is 5.73 Å². The van der Waals surface area contributed by atoms with Crippen molar-refractivity contribution in [2.75, 3.05) is 12.4 Å². The second-order valence-electron chi connectivity index (χ2n) is 6.54. The molecule has 166 valence electrons. The number of esters is 1. The van der Waals surface area contributed by atoms with Crippen LogP contribution in [-0.4, -0.2) is 57.3 Å². The Morgan fingerprint density at radius 3 is 2.37 bits per heavy atom. The Morgan fingerprint density at radius 2 is 1.87 bits per heavy atom. The molecule has 0 unspecified atom stereocenters.